The van der Waals surface area contributed by atoms with Crippen molar-refractivity contribution in [3.63, 3.8) is 0 Å². The topological polar surface area (TPSA) is 49.2 Å². The van der Waals surface area contributed by atoms with Crippen LogP contribution >= 0.6 is 0 Å². The lowest BCUT2D eigenvalue weighted by Gasteiger charge is -2.18. The summed E-state index contributed by atoms with van der Waals surface area (Å²) in [4.78, 5) is 11.2. The number of hydrogen-bond acceptors (Lipinski definition) is 4. The Morgan fingerprint density at radius 2 is 1.92 bits per heavy atom. The van der Waals surface area contributed by atoms with Crippen LogP contribution < -0.4 is 0 Å². The fraction of sp³-hybridized carbons (Fsp3) is 0.333. The van der Waals surface area contributed by atoms with E-state index in [1.165, 1.54) is 16.5 Å². The zero-order chi connectivity index (χ0) is 17.2. The molecule has 128 valence electrons. The van der Waals surface area contributed by atoms with E-state index in [1.807, 2.05) is 36.7 Å². The average Bonchev–Trinajstić information content (AvgIpc) is 2.98. The summed E-state index contributed by atoms with van der Waals surface area (Å²) in [5.41, 5.74) is 4.69. The Morgan fingerprint density at radius 1 is 1.04 bits per heavy atom. The number of aromatic nitrogens is 2. The first-order chi connectivity index (χ1) is 12.2. The summed E-state index contributed by atoms with van der Waals surface area (Å²) in [5, 5.41) is 11.7. The number of rotatable bonds is 4. The van der Waals surface area contributed by atoms with E-state index >= 15 is 0 Å². The molecule has 0 saturated carbocycles. The minimum Gasteiger partial charge on any atom is -0.391 e. The lowest BCUT2D eigenvalue weighted by atomic mass is 10.00. The summed E-state index contributed by atoms with van der Waals surface area (Å²) in [6.07, 6.45) is 4.19. The van der Waals surface area contributed by atoms with Crippen LogP contribution in [0, 0.1) is 12.8 Å². The van der Waals surface area contributed by atoms with Crippen LogP contribution in [0.4, 0.5) is 0 Å². The van der Waals surface area contributed by atoms with Crippen molar-refractivity contribution in [3.05, 3.63) is 71.7 Å². The summed E-state index contributed by atoms with van der Waals surface area (Å²) in [6, 6.07) is 14.3. The second kappa shape index (κ2) is 6.90. The van der Waals surface area contributed by atoms with E-state index in [0.29, 0.717) is 6.54 Å². The molecule has 3 aromatic rings. The minimum absolute atomic E-state index is 0.239. The van der Waals surface area contributed by atoms with Crippen molar-refractivity contribution in [2.45, 2.75) is 26.0 Å². The minimum atomic E-state index is -0.296. The molecule has 1 saturated heterocycles. The number of aliphatic hydroxyl groups excluding tert-OH is 1. The Balaban J connectivity index is 1.52. The van der Waals surface area contributed by atoms with Crippen LogP contribution in [0.3, 0.4) is 0 Å². The van der Waals surface area contributed by atoms with E-state index in [9.17, 15) is 5.11 Å². The molecule has 1 fully saturated rings. The number of pyridine rings is 2. The van der Waals surface area contributed by atoms with Gasteiger partial charge in [0.25, 0.3) is 0 Å². The Labute approximate surface area is 148 Å². The predicted octanol–water partition coefficient (Wildman–Crippen LogP) is 2.97. The molecule has 4 nitrogen and oxygen atoms in total. The number of hydrogen-bond donors (Lipinski definition) is 1. The number of nitrogens with zero attached hydrogens (tertiary/aromatic N) is 3. The van der Waals surface area contributed by atoms with Crippen LogP contribution in [0.15, 0.2) is 54.9 Å². The summed E-state index contributed by atoms with van der Waals surface area (Å²) in [5.74, 6) is 0.239. The monoisotopic (exact) mass is 333 g/mol. The summed E-state index contributed by atoms with van der Waals surface area (Å²) in [6.45, 7) is 4.62. The van der Waals surface area contributed by atoms with Gasteiger partial charge in [-0.2, -0.15) is 0 Å². The average molecular weight is 333 g/mol. The van der Waals surface area contributed by atoms with Gasteiger partial charge in [0.1, 0.15) is 0 Å². The lowest BCUT2D eigenvalue weighted by Crippen LogP contribution is -2.22. The van der Waals surface area contributed by atoms with Crippen molar-refractivity contribution in [3.8, 4) is 0 Å². The van der Waals surface area contributed by atoms with Gasteiger partial charge in [-0.1, -0.05) is 18.2 Å². The first-order valence-electron chi connectivity index (χ1n) is 8.84. The van der Waals surface area contributed by atoms with Crippen LogP contribution in [0.25, 0.3) is 10.9 Å². The van der Waals surface area contributed by atoms with Crippen molar-refractivity contribution < 1.29 is 5.11 Å². The van der Waals surface area contributed by atoms with Gasteiger partial charge in [0.15, 0.2) is 0 Å². The fourth-order valence-electron chi connectivity index (χ4n) is 3.81. The highest BCUT2D eigenvalue weighted by Crippen LogP contribution is 2.26. The molecule has 4 rings (SSSR count). The van der Waals surface area contributed by atoms with E-state index < -0.39 is 0 Å². The maximum atomic E-state index is 10.5. The van der Waals surface area contributed by atoms with Crippen LogP contribution in [0.2, 0.25) is 0 Å². The number of aliphatic hydroxyl groups is 1. The number of fused-ring (bicyclic) bond motifs is 1. The molecular formula is C21H23N3O. The quantitative estimate of drug-likeness (QED) is 0.797. The number of aryl methyl sites for hydroxylation is 1. The van der Waals surface area contributed by atoms with Crippen molar-refractivity contribution >= 4 is 10.9 Å². The zero-order valence-electron chi connectivity index (χ0n) is 14.5. The molecule has 4 heteroatoms. The maximum Gasteiger partial charge on any atom is 0.0711 e. The van der Waals surface area contributed by atoms with Gasteiger partial charge in [-0.15, -0.1) is 0 Å². The third kappa shape index (κ3) is 3.41. The molecule has 3 heterocycles. The summed E-state index contributed by atoms with van der Waals surface area (Å²) >= 11 is 0. The molecule has 1 aliphatic rings. The maximum absolute atomic E-state index is 10.5. The van der Waals surface area contributed by atoms with Crippen LogP contribution in [-0.4, -0.2) is 39.2 Å². The van der Waals surface area contributed by atoms with E-state index in [1.54, 1.807) is 0 Å². The molecule has 0 bridgehead atoms. The SMILES string of the molecule is Cc1ccc2ncccc2c1CN1C[C@@H](Cc2ccccn2)[C@H](O)C1. The third-order valence-electron chi connectivity index (χ3n) is 5.19. The van der Waals surface area contributed by atoms with Gasteiger partial charge in [0.2, 0.25) is 0 Å². The van der Waals surface area contributed by atoms with Gasteiger partial charge in [-0.25, -0.2) is 0 Å². The fourth-order valence-corrected chi connectivity index (χ4v) is 3.81. The van der Waals surface area contributed by atoms with Crippen LogP contribution in [0.5, 0.6) is 0 Å². The van der Waals surface area contributed by atoms with Gasteiger partial charge in [-0.05, 0) is 48.7 Å². The summed E-state index contributed by atoms with van der Waals surface area (Å²) < 4.78 is 0. The molecule has 1 aliphatic heterocycles. The predicted molar refractivity (Wildman–Crippen MR) is 99.2 cm³/mol. The van der Waals surface area contributed by atoms with E-state index in [0.717, 1.165) is 30.7 Å². The van der Waals surface area contributed by atoms with E-state index in [4.69, 9.17) is 0 Å². The Bertz CT molecular complexity index is 865. The van der Waals surface area contributed by atoms with Gasteiger partial charge in [0.05, 0.1) is 11.6 Å². The molecule has 0 aliphatic carbocycles. The molecule has 0 spiro atoms. The largest absolute Gasteiger partial charge is 0.391 e. The van der Waals surface area contributed by atoms with Crippen molar-refractivity contribution in [1.82, 2.24) is 14.9 Å². The van der Waals surface area contributed by atoms with Crippen LogP contribution in [-0.2, 0) is 13.0 Å². The van der Waals surface area contributed by atoms with Gasteiger partial charge < -0.3 is 5.11 Å². The second-order valence-corrected chi connectivity index (χ2v) is 6.98. The number of likely N-dealkylation sites (tertiary alicyclic amines) is 1. The third-order valence-corrected chi connectivity index (χ3v) is 5.19. The van der Waals surface area contributed by atoms with Gasteiger partial charge >= 0.3 is 0 Å². The normalized spacial score (nSPS) is 21.0. The van der Waals surface area contributed by atoms with Gasteiger partial charge in [-0.3, -0.25) is 14.9 Å². The van der Waals surface area contributed by atoms with Crippen molar-refractivity contribution in [2.24, 2.45) is 5.92 Å². The second-order valence-electron chi connectivity index (χ2n) is 6.98. The van der Waals surface area contributed by atoms with Crippen molar-refractivity contribution in [1.29, 1.82) is 0 Å². The summed E-state index contributed by atoms with van der Waals surface area (Å²) in [7, 11) is 0. The first-order valence-corrected chi connectivity index (χ1v) is 8.84. The Morgan fingerprint density at radius 3 is 2.76 bits per heavy atom. The molecule has 2 aromatic heterocycles. The molecular weight excluding hydrogens is 310 g/mol. The highest BCUT2D eigenvalue weighted by atomic mass is 16.3. The molecule has 0 amide bonds. The first kappa shape index (κ1) is 16.2. The smallest absolute Gasteiger partial charge is 0.0711 e. The van der Waals surface area contributed by atoms with Gasteiger partial charge in [0, 0.05) is 49.0 Å². The highest BCUT2D eigenvalue weighted by Gasteiger charge is 2.31. The number of benzene rings is 1. The zero-order valence-corrected chi connectivity index (χ0v) is 14.5. The molecule has 1 N–H and O–H groups in total. The molecule has 2 atom stereocenters. The Kier molecular flexibility index (Phi) is 4.47. The molecule has 0 unspecified atom stereocenters. The highest BCUT2D eigenvalue weighted by molar-refractivity contribution is 5.83. The molecule has 0 radical (unpaired) electrons. The van der Waals surface area contributed by atoms with E-state index in [-0.39, 0.29) is 12.0 Å². The number of β-amino-alcohol motifs (C(OH)–C–C–N with tert-alkyl or cyclic N) is 1. The van der Waals surface area contributed by atoms with E-state index in [2.05, 4.69) is 40.0 Å². The Hall–Kier alpha value is -2.30. The van der Waals surface area contributed by atoms with Crippen LogP contribution in [0.1, 0.15) is 16.8 Å². The molecule has 25 heavy (non-hydrogen) atoms. The van der Waals surface area contributed by atoms with Crippen molar-refractivity contribution in [2.75, 3.05) is 13.1 Å². The standard InChI is InChI=1S/C21H23N3O/c1-15-7-8-20-18(6-4-10-23-20)19(15)13-24-12-16(21(25)14-24)11-17-5-2-3-9-22-17/h2-10,16,21,25H,11-14H2,1H3/t16-,21-/m1/s1. The lowest BCUT2D eigenvalue weighted by molar-refractivity contribution is 0.140. The molecule has 1 aromatic carbocycles.